The third-order valence-electron chi connectivity index (χ3n) is 3.37. The van der Waals surface area contributed by atoms with Crippen LogP contribution in [-0.2, 0) is 19.1 Å². The van der Waals surface area contributed by atoms with Gasteiger partial charge in [-0.3, -0.25) is 9.59 Å². The molecule has 0 heterocycles. The van der Waals surface area contributed by atoms with Gasteiger partial charge in [-0.25, -0.2) is 0 Å². The van der Waals surface area contributed by atoms with Gasteiger partial charge in [0.1, 0.15) is 6.61 Å². The maximum atomic E-state index is 11.5. The summed E-state index contributed by atoms with van der Waals surface area (Å²) in [5, 5.41) is 5.54. The van der Waals surface area contributed by atoms with Crippen molar-refractivity contribution in [3.8, 4) is 0 Å². The fourth-order valence-corrected chi connectivity index (χ4v) is 1.73. The van der Waals surface area contributed by atoms with Crippen molar-refractivity contribution in [1.82, 2.24) is 10.6 Å². The van der Waals surface area contributed by atoms with Gasteiger partial charge in [0.15, 0.2) is 0 Å². The molecule has 0 spiro atoms. The number of carbonyl (C=O) groups is 2. The van der Waals surface area contributed by atoms with Crippen LogP contribution in [0.3, 0.4) is 0 Å². The van der Waals surface area contributed by atoms with Crippen LogP contribution in [0.1, 0.15) is 49.8 Å². The minimum absolute atomic E-state index is 0. The van der Waals surface area contributed by atoms with Gasteiger partial charge in [-0.1, -0.05) is 27.2 Å². The largest absolute Gasteiger partial charge is 0.378 e. The van der Waals surface area contributed by atoms with Crippen molar-refractivity contribution >= 4 is 11.8 Å². The summed E-state index contributed by atoms with van der Waals surface area (Å²) >= 11 is 0. The number of ether oxygens (including phenoxy) is 2. The molecule has 2 unspecified atom stereocenters. The highest BCUT2D eigenvalue weighted by molar-refractivity contribution is 5.78. The molecule has 6 heteroatoms. The van der Waals surface area contributed by atoms with E-state index in [1.54, 1.807) is 0 Å². The standard InChI is InChI=1S/C16H32N2O4.2H2/c1-5-7-14(4)22-12-15(19)17-8-10-21-11-9-18-16(20)13(3)6-2;;/h13-14H,5-12H2,1-4H3,(H,17,19)(H,18,20);2*1H. The zero-order chi connectivity index (χ0) is 16.8. The van der Waals surface area contributed by atoms with E-state index >= 15 is 0 Å². The van der Waals surface area contributed by atoms with Crippen LogP contribution in [0.15, 0.2) is 0 Å². The minimum atomic E-state index is -0.128. The van der Waals surface area contributed by atoms with Crippen LogP contribution in [-0.4, -0.2) is 50.8 Å². The molecule has 0 bridgehead atoms. The summed E-state index contributed by atoms with van der Waals surface area (Å²) in [4.78, 5) is 23.0. The van der Waals surface area contributed by atoms with Gasteiger partial charge < -0.3 is 20.1 Å². The average molecular weight is 320 g/mol. The van der Waals surface area contributed by atoms with E-state index in [9.17, 15) is 9.59 Å². The average Bonchev–Trinajstić information content (AvgIpc) is 2.51. The lowest BCUT2D eigenvalue weighted by molar-refractivity contribution is -0.127. The van der Waals surface area contributed by atoms with E-state index in [4.69, 9.17) is 9.47 Å². The molecule has 22 heavy (non-hydrogen) atoms. The Kier molecular flexibility index (Phi) is 12.8. The van der Waals surface area contributed by atoms with Crippen LogP contribution in [0.2, 0.25) is 0 Å². The highest BCUT2D eigenvalue weighted by Gasteiger charge is 2.08. The van der Waals surface area contributed by atoms with Crippen LogP contribution in [0.5, 0.6) is 0 Å². The molecule has 0 saturated carbocycles. The highest BCUT2D eigenvalue weighted by atomic mass is 16.5. The minimum Gasteiger partial charge on any atom is -0.378 e. The Hall–Kier alpha value is -1.14. The molecular weight excluding hydrogens is 284 g/mol. The second kappa shape index (κ2) is 13.5. The summed E-state index contributed by atoms with van der Waals surface area (Å²) in [5.74, 6) is -0.0382. The Morgan fingerprint density at radius 2 is 1.73 bits per heavy atom. The highest BCUT2D eigenvalue weighted by Crippen LogP contribution is 2.00. The molecular formula is C16H36N2O4. The Morgan fingerprint density at radius 1 is 1.09 bits per heavy atom. The third kappa shape index (κ3) is 11.5. The Balaban J connectivity index is -0.00000220. The van der Waals surface area contributed by atoms with Crippen molar-refractivity contribution in [2.45, 2.75) is 53.1 Å². The smallest absolute Gasteiger partial charge is 0.246 e. The lowest BCUT2D eigenvalue weighted by Gasteiger charge is -2.12. The number of carbonyl (C=O) groups excluding carboxylic acids is 2. The molecule has 134 valence electrons. The second-order valence-corrected chi connectivity index (χ2v) is 5.47. The number of nitrogens with one attached hydrogen (secondary N) is 2. The SMILES string of the molecule is CCCC(C)OCC(=O)NCCOCCNC(=O)C(C)CC.[HH].[HH]. The third-order valence-corrected chi connectivity index (χ3v) is 3.37. The van der Waals surface area contributed by atoms with Crippen LogP contribution >= 0.6 is 0 Å². The van der Waals surface area contributed by atoms with E-state index in [2.05, 4.69) is 17.6 Å². The van der Waals surface area contributed by atoms with Gasteiger partial charge in [0.05, 0.1) is 19.3 Å². The number of rotatable bonds is 13. The lowest BCUT2D eigenvalue weighted by atomic mass is 10.1. The molecule has 2 atom stereocenters. The predicted molar refractivity (Wildman–Crippen MR) is 90.8 cm³/mol. The summed E-state index contributed by atoms with van der Waals surface area (Å²) in [6.07, 6.45) is 2.95. The van der Waals surface area contributed by atoms with Gasteiger partial charge in [-0.15, -0.1) is 0 Å². The molecule has 0 rings (SSSR count). The predicted octanol–water partition coefficient (Wildman–Crippen LogP) is 1.98. The van der Waals surface area contributed by atoms with Gasteiger partial charge in [-0.2, -0.15) is 0 Å². The van der Waals surface area contributed by atoms with Gasteiger partial charge >= 0.3 is 0 Å². The first-order valence-corrected chi connectivity index (χ1v) is 8.24. The molecule has 0 aliphatic heterocycles. The van der Waals surface area contributed by atoms with Gasteiger partial charge in [0.25, 0.3) is 0 Å². The summed E-state index contributed by atoms with van der Waals surface area (Å²) in [6, 6.07) is 0. The first-order valence-electron chi connectivity index (χ1n) is 8.24. The Labute approximate surface area is 137 Å². The monoisotopic (exact) mass is 320 g/mol. The van der Waals surface area contributed by atoms with Gasteiger partial charge in [0.2, 0.25) is 11.8 Å². The number of amides is 2. The number of hydrogen-bond acceptors (Lipinski definition) is 4. The first kappa shape index (κ1) is 20.9. The summed E-state index contributed by atoms with van der Waals surface area (Å²) in [5.41, 5.74) is 0. The van der Waals surface area contributed by atoms with Crippen molar-refractivity contribution in [3.05, 3.63) is 0 Å². The van der Waals surface area contributed by atoms with Crippen molar-refractivity contribution in [2.75, 3.05) is 32.9 Å². The molecule has 0 radical (unpaired) electrons. The van der Waals surface area contributed by atoms with Gasteiger partial charge in [0, 0.05) is 21.9 Å². The molecule has 0 fully saturated rings. The summed E-state index contributed by atoms with van der Waals surface area (Å²) in [6.45, 7) is 9.84. The van der Waals surface area contributed by atoms with Crippen molar-refractivity contribution in [1.29, 1.82) is 0 Å². The molecule has 2 amide bonds. The zero-order valence-corrected chi connectivity index (χ0v) is 14.4. The fourth-order valence-electron chi connectivity index (χ4n) is 1.73. The van der Waals surface area contributed by atoms with Crippen molar-refractivity contribution < 1.29 is 21.9 Å². The number of hydrogen-bond donors (Lipinski definition) is 2. The maximum absolute atomic E-state index is 11.5. The van der Waals surface area contributed by atoms with Crippen LogP contribution in [0.4, 0.5) is 0 Å². The van der Waals surface area contributed by atoms with Crippen LogP contribution in [0.25, 0.3) is 0 Å². The maximum Gasteiger partial charge on any atom is 0.246 e. The molecule has 0 saturated heterocycles. The summed E-state index contributed by atoms with van der Waals surface area (Å²) in [7, 11) is 0. The van der Waals surface area contributed by atoms with Crippen LogP contribution in [0, 0.1) is 5.92 Å². The van der Waals surface area contributed by atoms with E-state index in [1.165, 1.54) is 0 Å². The van der Waals surface area contributed by atoms with E-state index in [0.717, 1.165) is 19.3 Å². The molecule has 0 aliphatic rings. The molecule has 6 nitrogen and oxygen atoms in total. The lowest BCUT2D eigenvalue weighted by Crippen LogP contribution is -2.34. The topological polar surface area (TPSA) is 76.7 Å². The zero-order valence-electron chi connectivity index (χ0n) is 14.4. The van der Waals surface area contributed by atoms with E-state index < -0.39 is 0 Å². The molecule has 0 aromatic carbocycles. The summed E-state index contributed by atoms with van der Waals surface area (Å²) < 4.78 is 10.7. The molecule has 2 N–H and O–H groups in total. The Morgan fingerprint density at radius 3 is 2.32 bits per heavy atom. The van der Waals surface area contributed by atoms with Crippen molar-refractivity contribution in [2.24, 2.45) is 5.92 Å². The first-order chi connectivity index (χ1) is 10.5. The fraction of sp³-hybridized carbons (Fsp3) is 0.875. The normalized spacial score (nSPS) is 13.5. The molecule has 0 aromatic rings. The van der Waals surface area contributed by atoms with E-state index in [-0.39, 0.29) is 33.3 Å². The van der Waals surface area contributed by atoms with Crippen LogP contribution < -0.4 is 10.6 Å². The van der Waals surface area contributed by atoms with E-state index in [0.29, 0.717) is 26.3 Å². The Bertz CT molecular complexity index is 320. The van der Waals surface area contributed by atoms with Crippen molar-refractivity contribution in [3.63, 3.8) is 0 Å². The quantitative estimate of drug-likeness (QED) is 0.509. The second-order valence-electron chi connectivity index (χ2n) is 5.47. The van der Waals surface area contributed by atoms with E-state index in [1.807, 2.05) is 20.8 Å². The molecule has 0 aromatic heterocycles. The van der Waals surface area contributed by atoms with Gasteiger partial charge in [-0.05, 0) is 19.8 Å². The molecule has 0 aliphatic carbocycles.